The molecule has 0 radical (unpaired) electrons. The van der Waals surface area contributed by atoms with E-state index in [1.54, 1.807) is 0 Å². The monoisotopic (exact) mass is 157 g/mol. The Morgan fingerprint density at radius 3 is 2.73 bits per heavy atom. The third kappa shape index (κ3) is 2.43. The fourth-order valence-corrected chi connectivity index (χ4v) is 1.87. The number of hydrogen-bond donors (Lipinski definition) is 2. The minimum atomic E-state index is 0.726. The SMILES string of the molecule is NCCC1CCCN1CCN. The molecular formula is C8H19N3. The summed E-state index contributed by atoms with van der Waals surface area (Å²) in [4.78, 5) is 2.47. The van der Waals surface area contributed by atoms with Gasteiger partial charge in [0, 0.05) is 19.1 Å². The van der Waals surface area contributed by atoms with Crippen molar-refractivity contribution in [3.63, 3.8) is 0 Å². The molecule has 0 saturated carbocycles. The van der Waals surface area contributed by atoms with Gasteiger partial charge in [0.1, 0.15) is 0 Å². The topological polar surface area (TPSA) is 55.3 Å². The maximum absolute atomic E-state index is 5.51. The molecule has 0 aromatic heterocycles. The lowest BCUT2D eigenvalue weighted by atomic mass is 10.1. The van der Waals surface area contributed by atoms with Gasteiger partial charge < -0.3 is 11.5 Å². The van der Waals surface area contributed by atoms with Crippen LogP contribution in [0.5, 0.6) is 0 Å². The van der Waals surface area contributed by atoms with Gasteiger partial charge in [0.25, 0.3) is 0 Å². The summed E-state index contributed by atoms with van der Waals surface area (Å²) in [7, 11) is 0. The molecule has 0 aliphatic carbocycles. The van der Waals surface area contributed by atoms with Crippen LogP contribution in [0.4, 0.5) is 0 Å². The van der Waals surface area contributed by atoms with Crippen LogP contribution in [-0.2, 0) is 0 Å². The second kappa shape index (κ2) is 4.70. The number of nitrogens with two attached hydrogens (primary N) is 2. The van der Waals surface area contributed by atoms with Crippen molar-refractivity contribution in [2.24, 2.45) is 11.5 Å². The van der Waals surface area contributed by atoms with Gasteiger partial charge in [-0.15, -0.1) is 0 Å². The minimum absolute atomic E-state index is 0.726. The zero-order valence-electron chi connectivity index (χ0n) is 7.13. The van der Waals surface area contributed by atoms with Gasteiger partial charge in [0.15, 0.2) is 0 Å². The van der Waals surface area contributed by atoms with Crippen molar-refractivity contribution in [1.29, 1.82) is 0 Å². The molecule has 66 valence electrons. The molecule has 1 heterocycles. The van der Waals surface area contributed by atoms with E-state index in [2.05, 4.69) is 4.90 Å². The average molecular weight is 157 g/mol. The van der Waals surface area contributed by atoms with Crippen LogP contribution in [0.15, 0.2) is 0 Å². The van der Waals surface area contributed by atoms with Gasteiger partial charge in [-0.2, -0.15) is 0 Å². The van der Waals surface area contributed by atoms with Crippen LogP contribution < -0.4 is 11.5 Å². The molecule has 1 saturated heterocycles. The van der Waals surface area contributed by atoms with Crippen LogP contribution in [0.3, 0.4) is 0 Å². The van der Waals surface area contributed by atoms with E-state index in [1.807, 2.05) is 0 Å². The summed E-state index contributed by atoms with van der Waals surface area (Å²) in [5, 5.41) is 0. The van der Waals surface area contributed by atoms with Crippen molar-refractivity contribution in [2.45, 2.75) is 25.3 Å². The van der Waals surface area contributed by atoms with Gasteiger partial charge in [-0.3, -0.25) is 4.90 Å². The van der Waals surface area contributed by atoms with Gasteiger partial charge in [-0.25, -0.2) is 0 Å². The highest BCUT2D eigenvalue weighted by Gasteiger charge is 2.22. The van der Waals surface area contributed by atoms with E-state index in [0.717, 1.165) is 32.1 Å². The van der Waals surface area contributed by atoms with Gasteiger partial charge in [0.05, 0.1) is 0 Å². The number of rotatable bonds is 4. The lowest BCUT2D eigenvalue weighted by Crippen LogP contribution is -2.35. The Balaban J connectivity index is 2.25. The second-order valence-electron chi connectivity index (χ2n) is 3.20. The van der Waals surface area contributed by atoms with Gasteiger partial charge in [0.2, 0.25) is 0 Å². The Labute approximate surface area is 68.7 Å². The summed E-state index contributed by atoms with van der Waals surface area (Å²) in [6.45, 7) is 3.86. The quantitative estimate of drug-likeness (QED) is 0.592. The third-order valence-corrected chi connectivity index (χ3v) is 2.42. The lowest BCUT2D eigenvalue weighted by Gasteiger charge is -2.22. The zero-order chi connectivity index (χ0) is 8.10. The minimum Gasteiger partial charge on any atom is -0.330 e. The van der Waals surface area contributed by atoms with Gasteiger partial charge >= 0.3 is 0 Å². The molecule has 0 amide bonds. The third-order valence-electron chi connectivity index (χ3n) is 2.42. The summed E-state index contributed by atoms with van der Waals surface area (Å²) in [6.07, 6.45) is 3.78. The molecule has 1 unspecified atom stereocenters. The number of likely N-dealkylation sites (tertiary alicyclic amines) is 1. The van der Waals surface area contributed by atoms with Crippen LogP contribution in [0.1, 0.15) is 19.3 Å². The molecule has 0 bridgehead atoms. The predicted octanol–water partition coefficient (Wildman–Crippen LogP) is -0.242. The van der Waals surface area contributed by atoms with E-state index < -0.39 is 0 Å². The highest BCUT2D eigenvalue weighted by molar-refractivity contribution is 4.79. The molecule has 0 spiro atoms. The summed E-state index contributed by atoms with van der Waals surface area (Å²) >= 11 is 0. The molecule has 4 N–H and O–H groups in total. The average Bonchev–Trinajstić information content (AvgIpc) is 2.39. The van der Waals surface area contributed by atoms with E-state index in [9.17, 15) is 0 Å². The molecule has 0 aromatic rings. The maximum atomic E-state index is 5.51. The standard InChI is InChI=1S/C8H19N3/c9-4-3-8-2-1-6-11(8)7-5-10/h8H,1-7,9-10H2. The van der Waals surface area contributed by atoms with Crippen molar-refractivity contribution in [3.8, 4) is 0 Å². The van der Waals surface area contributed by atoms with Crippen molar-refractivity contribution < 1.29 is 0 Å². The second-order valence-corrected chi connectivity index (χ2v) is 3.20. The van der Waals surface area contributed by atoms with E-state index in [1.165, 1.54) is 19.4 Å². The molecule has 1 aliphatic heterocycles. The van der Waals surface area contributed by atoms with Crippen molar-refractivity contribution in [3.05, 3.63) is 0 Å². The summed E-state index contributed by atoms with van der Waals surface area (Å²) in [5.74, 6) is 0. The van der Waals surface area contributed by atoms with Crippen LogP contribution in [0, 0.1) is 0 Å². The molecule has 1 fully saturated rings. The summed E-state index contributed by atoms with van der Waals surface area (Å²) in [5.41, 5.74) is 11.0. The molecule has 1 atom stereocenters. The zero-order valence-corrected chi connectivity index (χ0v) is 7.13. The van der Waals surface area contributed by atoms with Crippen LogP contribution in [0.2, 0.25) is 0 Å². The first kappa shape index (κ1) is 8.97. The Bertz CT molecular complexity index is 93.5. The maximum Gasteiger partial charge on any atom is 0.0108 e. The van der Waals surface area contributed by atoms with Crippen LogP contribution in [-0.4, -0.2) is 37.1 Å². The molecule has 11 heavy (non-hydrogen) atoms. The first-order chi connectivity index (χ1) is 5.38. The largest absolute Gasteiger partial charge is 0.330 e. The normalized spacial score (nSPS) is 26.2. The Morgan fingerprint density at radius 2 is 2.09 bits per heavy atom. The fraction of sp³-hybridized carbons (Fsp3) is 1.00. The van der Waals surface area contributed by atoms with E-state index in [4.69, 9.17) is 11.5 Å². The molecule has 3 nitrogen and oxygen atoms in total. The van der Waals surface area contributed by atoms with E-state index >= 15 is 0 Å². The Morgan fingerprint density at radius 1 is 1.27 bits per heavy atom. The summed E-state index contributed by atoms with van der Waals surface area (Å²) in [6, 6.07) is 0.726. The summed E-state index contributed by atoms with van der Waals surface area (Å²) < 4.78 is 0. The number of hydrogen-bond acceptors (Lipinski definition) is 3. The molecular weight excluding hydrogens is 138 g/mol. The lowest BCUT2D eigenvalue weighted by molar-refractivity contribution is 0.252. The van der Waals surface area contributed by atoms with E-state index in [0.29, 0.717) is 0 Å². The predicted molar refractivity (Wildman–Crippen MR) is 47.3 cm³/mol. The molecule has 0 aromatic carbocycles. The smallest absolute Gasteiger partial charge is 0.0108 e. The van der Waals surface area contributed by atoms with Gasteiger partial charge in [-0.05, 0) is 32.4 Å². The van der Waals surface area contributed by atoms with Crippen LogP contribution in [0.25, 0.3) is 0 Å². The first-order valence-electron chi connectivity index (χ1n) is 4.52. The van der Waals surface area contributed by atoms with Crippen molar-refractivity contribution >= 4 is 0 Å². The van der Waals surface area contributed by atoms with E-state index in [-0.39, 0.29) is 0 Å². The molecule has 3 heteroatoms. The highest BCUT2D eigenvalue weighted by Crippen LogP contribution is 2.18. The highest BCUT2D eigenvalue weighted by atomic mass is 15.2. The number of nitrogens with zero attached hydrogens (tertiary/aromatic N) is 1. The Hall–Kier alpha value is -0.120. The molecule has 1 rings (SSSR count). The van der Waals surface area contributed by atoms with Gasteiger partial charge in [-0.1, -0.05) is 0 Å². The van der Waals surface area contributed by atoms with Crippen molar-refractivity contribution in [2.75, 3.05) is 26.2 Å². The van der Waals surface area contributed by atoms with Crippen molar-refractivity contribution in [1.82, 2.24) is 4.90 Å². The van der Waals surface area contributed by atoms with Crippen LogP contribution >= 0.6 is 0 Å². The first-order valence-corrected chi connectivity index (χ1v) is 4.52. The fourth-order valence-electron chi connectivity index (χ4n) is 1.87. The Kier molecular flexibility index (Phi) is 3.83. The molecule has 1 aliphatic rings.